The maximum atomic E-state index is 13.2. The topological polar surface area (TPSA) is 90.6 Å². The number of rotatable bonds is 4. The number of carbonyl (C=O) groups is 2. The molecule has 2 N–H and O–H groups in total. The Labute approximate surface area is 178 Å². The van der Waals surface area contributed by atoms with E-state index in [2.05, 4.69) is 20.2 Å². The molecule has 8 nitrogen and oxygen atoms in total. The van der Waals surface area contributed by atoms with Gasteiger partial charge in [0, 0.05) is 57.2 Å². The van der Waals surface area contributed by atoms with Crippen molar-refractivity contribution in [1.82, 2.24) is 25.1 Å². The van der Waals surface area contributed by atoms with Crippen molar-refractivity contribution < 1.29 is 14.3 Å². The second-order valence-electron chi connectivity index (χ2n) is 9.07. The van der Waals surface area contributed by atoms with Crippen molar-refractivity contribution in [2.45, 2.75) is 64.5 Å². The van der Waals surface area contributed by atoms with E-state index in [1.54, 1.807) is 0 Å². The summed E-state index contributed by atoms with van der Waals surface area (Å²) in [6, 6.07) is 0.438. The number of aromatic nitrogens is 2. The summed E-state index contributed by atoms with van der Waals surface area (Å²) in [5.41, 5.74) is 1.26. The molecule has 2 amide bonds. The molecule has 0 unspecified atom stereocenters. The Morgan fingerprint density at radius 1 is 1.07 bits per heavy atom. The molecule has 166 valence electrons. The van der Waals surface area contributed by atoms with Gasteiger partial charge >= 0.3 is 0 Å². The predicted molar refractivity (Wildman–Crippen MR) is 113 cm³/mol. The first-order chi connectivity index (χ1) is 14.5. The highest BCUT2D eigenvalue weighted by Gasteiger charge is 2.35. The third kappa shape index (κ3) is 4.86. The van der Waals surface area contributed by atoms with Crippen LogP contribution in [0.2, 0.25) is 0 Å². The van der Waals surface area contributed by atoms with Crippen LogP contribution < -0.4 is 5.32 Å². The van der Waals surface area contributed by atoms with Gasteiger partial charge in [0.1, 0.15) is 11.5 Å². The van der Waals surface area contributed by atoms with Crippen molar-refractivity contribution >= 4 is 11.8 Å². The largest absolute Gasteiger partial charge is 0.381 e. The summed E-state index contributed by atoms with van der Waals surface area (Å²) in [4.78, 5) is 38.0. The number of hydrogen-bond donors (Lipinski definition) is 2. The van der Waals surface area contributed by atoms with Crippen molar-refractivity contribution in [2.24, 2.45) is 5.92 Å². The number of hydrogen-bond acceptors (Lipinski definition) is 5. The molecule has 3 saturated heterocycles. The number of carbonyl (C=O) groups excluding carboxylic acids is 2. The molecule has 8 heteroatoms. The van der Waals surface area contributed by atoms with Crippen LogP contribution in [0.25, 0.3) is 0 Å². The zero-order valence-electron chi connectivity index (χ0n) is 18.3. The molecule has 1 aromatic heterocycles. The van der Waals surface area contributed by atoms with Crippen LogP contribution in [0.1, 0.15) is 60.5 Å². The molecule has 4 heterocycles. The molecule has 3 aliphatic heterocycles. The number of nitrogens with zero attached hydrogens (tertiary/aromatic N) is 3. The molecule has 30 heavy (non-hydrogen) atoms. The first-order valence-electron chi connectivity index (χ1n) is 11.5. The number of imidazole rings is 1. The molecule has 0 bridgehead atoms. The van der Waals surface area contributed by atoms with Crippen molar-refractivity contribution in [3.05, 3.63) is 17.2 Å². The maximum absolute atomic E-state index is 13.2. The lowest BCUT2D eigenvalue weighted by Crippen LogP contribution is -2.49. The van der Waals surface area contributed by atoms with Gasteiger partial charge in [-0.25, -0.2) is 4.98 Å². The SMILES string of the molecule is Cc1nc(C(=O)N[C@H]2CC[C@@H](C(=O)N3CCCC3)CN(C3CCOCC3)C2)c(C)[nH]1. The van der Waals surface area contributed by atoms with Gasteiger partial charge in [-0.3, -0.25) is 14.5 Å². The Kier molecular flexibility index (Phi) is 6.73. The zero-order valence-corrected chi connectivity index (χ0v) is 18.3. The van der Waals surface area contributed by atoms with Gasteiger partial charge in [0.05, 0.1) is 5.92 Å². The van der Waals surface area contributed by atoms with E-state index in [4.69, 9.17) is 4.74 Å². The zero-order chi connectivity index (χ0) is 21.1. The molecule has 2 atom stereocenters. The third-order valence-corrected chi connectivity index (χ3v) is 6.80. The molecule has 0 aromatic carbocycles. The van der Waals surface area contributed by atoms with Gasteiger partial charge in [-0.05, 0) is 52.4 Å². The highest BCUT2D eigenvalue weighted by atomic mass is 16.5. The summed E-state index contributed by atoms with van der Waals surface area (Å²) in [5, 5.41) is 3.21. The van der Waals surface area contributed by atoms with E-state index in [0.717, 1.165) is 89.4 Å². The van der Waals surface area contributed by atoms with Crippen molar-refractivity contribution in [1.29, 1.82) is 0 Å². The van der Waals surface area contributed by atoms with E-state index in [0.29, 0.717) is 17.6 Å². The standard InChI is InChI=1S/C22H35N5O3/c1-15-20(24-16(2)23-15)21(28)25-18-6-5-17(22(29)26-9-3-4-10-26)13-27(14-18)19-7-11-30-12-8-19/h17-19H,3-14H2,1-2H3,(H,23,24)(H,25,28)/t17-,18+/m1/s1. The molecule has 0 saturated carbocycles. The Morgan fingerprint density at radius 3 is 2.47 bits per heavy atom. The summed E-state index contributed by atoms with van der Waals surface area (Å²) in [6.45, 7) is 8.63. The van der Waals surface area contributed by atoms with Gasteiger partial charge in [-0.2, -0.15) is 0 Å². The number of H-pyrrole nitrogens is 1. The summed E-state index contributed by atoms with van der Waals surface area (Å²) >= 11 is 0. The summed E-state index contributed by atoms with van der Waals surface area (Å²) in [6.07, 6.45) is 5.84. The van der Waals surface area contributed by atoms with Crippen LogP contribution in [0, 0.1) is 19.8 Å². The average molecular weight is 418 g/mol. The normalized spacial score (nSPS) is 26.5. The number of likely N-dealkylation sites (tertiary alicyclic amines) is 2. The smallest absolute Gasteiger partial charge is 0.272 e. The minimum atomic E-state index is -0.127. The lowest BCUT2D eigenvalue weighted by Gasteiger charge is -2.36. The summed E-state index contributed by atoms with van der Waals surface area (Å²) in [5.74, 6) is 0.939. The van der Waals surface area contributed by atoms with Crippen LogP contribution in [0.5, 0.6) is 0 Å². The van der Waals surface area contributed by atoms with Crippen LogP contribution in [0.3, 0.4) is 0 Å². The molecular weight excluding hydrogens is 382 g/mol. The van der Waals surface area contributed by atoms with Gasteiger partial charge in [-0.1, -0.05) is 0 Å². The minimum absolute atomic E-state index is 0.0159. The average Bonchev–Trinajstić information content (AvgIpc) is 3.34. The molecule has 0 radical (unpaired) electrons. The minimum Gasteiger partial charge on any atom is -0.381 e. The van der Waals surface area contributed by atoms with E-state index < -0.39 is 0 Å². The highest BCUT2D eigenvalue weighted by Crippen LogP contribution is 2.26. The van der Waals surface area contributed by atoms with Crippen LogP contribution in [0.4, 0.5) is 0 Å². The van der Waals surface area contributed by atoms with Gasteiger partial charge in [-0.15, -0.1) is 0 Å². The molecule has 3 fully saturated rings. The number of aryl methyl sites for hydroxylation is 2. The first kappa shape index (κ1) is 21.3. The summed E-state index contributed by atoms with van der Waals surface area (Å²) < 4.78 is 5.56. The Balaban J connectivity index is 1.47. The van der Waals surface area contributed by atoms with E-state index in [1.807, 2.05) is 18.7 Å². The van der Waals surface area contributed by atoms with Crippen molar-refractivity contribution in [3.63, 3.8) is 0 Å². The van der Waals surface area contributed by atoms with Crippen LogP contribution >= 0.6 is 0 Å². The number of ether oxygens (including phenoxy) is 1. The highest BCUT2D eigenvalue weighted by molar-refractivity contribution is 5.93. The predicted octanol–water partition coefficient (Wildman–Crippen LogP) is 1.64. The van der Waals surface area contributed by atoms with Crippen molar-refractivity contribution in [3.8, 4) is 0 Å². The number of nitrogens with one attached hydrogen (secondary N) is 2. The van der Waals surface area contributed by atoms with Gasteiger partial charge < -0.3 is 19.9 Å². The van der Waals surface area contributed by atoms with Crippen LogP contribution in [-0.4, -0.2) is 83.1 Å². The molecule has 4 rings (SSSR count). The monoisotopic (exact) mass is 417 g/mol. The maximum Gasteiger partial charge on any atom is 0.272 e. The fraction of sp³-hybridized carbons (Fsp3) is 0.773. The molecule has 0 spiro atoms. The van der Waals surface area contributed by atoms with E-state index >= 15 is 0 Å². The Bertz CT molecular complexity index is 752. The molecule has 3 aliphatic rings. The van der Waals surface area contributed by atoms with E-state index in [1.165, 1.54) is 0 Å². The van der Waals surface area contributed by atoms with Crippen LogP contribution in [0.15, 0.2) is 0 Å². The molecule has 0 aliphatic carbocycles. The van der Waals surface area contributed by atoms with Crippen LogP contribution in [-0.2, 0) is 9.53 Å². The summed E-state index contributed by atoms with van der Waals surface area (Å²) in [7, 11) is 0. The second-order valence-corrected chi connectivity index (χ2v) is 9.07. The Hall–Kier alpha value is -1.93. The molecular formula is C22H35N5O3. The molecule has 1 aromatic rings. The lowest BCUT2D eigenvalue weighted by atomic mass is 9.99. The lowest BCUT2D eigenvalue weighted by molar-refractivity contribution is -0.135. The fourth-order valence-electron chi connectivity index (χ4n) is 5.17. The Morgan fingerprint density at radius 2 is 1.80 bits per heavy atom. The number of amides is 2. The van der Waals surface area contributed by atoms with Crippen molar-refractivity contribution in [2.75, 3.05) is 39.4 Å². The number of aromatic amines is 1. The quantitative estimate of drug-likeness (QED) is 0.777. The first-order valence-corrected chi connectivity index (χ1v) is 11.5. The van der Waals surface area contributed by atoms with E-state index in [9.17, 15) is 9.59 Å². The van der Waals surface area contributed by atoms with E-state index in [-0.39, 0.29) is 17.9 Å². The second kappa shape index (κ2) is 9.47. The van der Waals surface area contributed by atoms with Gasteiger partial charge in [0.2, 0.25) is 5.91 Å². The third-order valence-electron chi connectivity index (χ3n) is 6.80. The fourth-order valence-corrected chi connectivity index (χ4v) is 5.17. The van der Waals surface area contributed by atoms with Gasteiger partial charge in [0.25, 0.3) is 5.91 Å². The van der Waals surface area contributed by atoms with Gasteiger partial charge in [0.15, 0.2) is 0 Å².